The molecule has 5 nitrogen and oxygen atoms in total. The molecule has 5 heteroatoms. The third kappa shape index (κ3) is 4.85. The van der Waals surface area contributed by atoms with E-state index < -0.39 is 0 Å². The Morgan fingerprint density at radius 2 is 1.79 bits per heavy atom. The van der Waals surface area contributed by atoms with E-state index in [9.17, 15) is 4.79 Å². The number of hydrogen-bond acceptors (Lipinski definition) is 4. The maximum absolute atomic E-state index is 12.3. The van der Waals surface area contributed by atoms with Gasteiger partial charge in [-0.1, -0.05) is 20.8 Å². The fraction of sp³-hybridized carbons (Fsp3) is 0.643. The zero-order valence-electron chi connectivity index (χ0n) is 12.1. The molecule has 0 unspecified atom stereocenters. The first-order valence-electron chi connectivity index (χ1n) is 7.09. The predicted molar refractivity (Wildman–Crippen MR) is 77.3 cm³/mol. The first-order chi connectivity index (χ1) is 9.22. The molecule has 1 heterocycles. The molecule has 0 aliphatic heterocycles. The van der Waals surface area contributed by atoms with E-state index in [4.69, 9.17) is 0 Å². The molecule has 19 heavy (non-hydrogen) atoms. The van der Waals surface area contributed by atoms with Gasteiger partial charge in [0.1, 0.15) is 5.82 Å². The highest BCUT2D eigenvalue weighted by atomic mass is 16.2. The van der Waals surface area contributed by atoms with Gasteiger partial charge in [0, 0.05) is 19.6 Å². The molecule has 0 saturated carbocycles. The second kappa shape index (κ2) is 8.45. The smallest absolute Gasteiger partial charge is 0.274 e. The Morgan fingerprint density at radius 1 is 1.11 bits per heavy atom. The third-order valence-corrected chi connectivity index (χ3v) is 2.71. The van der Waals surface area contributed by atoms with Crippen LogP contribution in [0.25, 0.3) is 0 Å². The lowest BCUT2D eigenvalue weighted by atomic mass is 10.3. The molecule has 0 aliphatic rings. The molecular formula is C14H24N4O. The summed E-state index contributed by atoms with van der Waals surface area (Å²) in [5.41, 5.74) is 0.420. The number of nitrogens with zero attached hydrogens (tertiary/aromatic N) is 3. The summed E-state index contributed by atoms with van der Waals surface area (Å²) in [6, 6.07) is 3.55. The van der Waals surface area contributed by atoms with Gasteiger partial charge in [0.2, 0.25) is 0 Å². The van der Waals surface area contributed by atoms with Gasteiger partial charge in [0.05, 0.1) is 0 Å². The van der Waals surface area contributed by atoms with Crippen LogP contribution in [0.1, 0.15) is 50.5 Å². The zero-order valence-corrected chi connectivity index (χ0v) is 12.1. The summed E-state index contributed by atoms with van der Waals surface area (Å²) in [6.45, 7) is 8.62. The summed E-state index contributed by atoms with van der Waals surface area (Å²) in [7, 11) is 0. The highest BCUT2D eigenvalue weighted by molar-refractivity contribution is 5.92. The van der Waals surface area contributed by atoms with Gasteiger partial charge >= 0.3 is 0 Å². The number of amides is 1. The lowest BCUT2D eigenvalue weighted by molar-refractivity contribution is 0.0748. The van der Waals surface area contributed by atoms with Gasteiger partial charge in [-0.2, -0.15) is 0 Å². The minimum atomic E-state index is -0.0294. The van der Waals surface area contributed by atoms with Crippen molar-refractivity contribution in [2.75, 3.05) is 25.0 Å². The number of carbonyl (C=O) groups is 1. The number of hydrogen-bond donors (Lipinski definition) is 1. The largest absolute Gasteiger partial charge is 0.369 e. The van der Waals surface area contributed by atoms with E-state index >= 15 is 0 Å². The third-order valence-electron chi connectivity index (χ3n) is 2.71. The normalized spacial score (nSPS) is 10.3. The topological polar surface area (TPSA) is 58.1 Å². The molecule has 0 aliphatic carbocycles. The van der Waals surface area contributed by atoms with E-state index in [1.165, 1.54) is 0 Å². The molecule has 0 aromatic carbocycles. The van der Waals surface area contributed by atoms with Crippen molar-refractivity contribution in [1.82, 2.24) is 15.1 Å². The maximum Gasteiger partial charge on any atom is 0.274 e. The zero-order chi connectivity index (χ0) is 14.1. The van der Waals surface area contributed by atoms with Gasteiger partial charge in [-0.15, -0.1) is 10.2 Å². The molecule has 0 fully saturated rings. The molecule has 1 N–H and O–H groups in total. The van der Waals surface area contributed by atoms with Crippen LogP contribution in [0.5, 0.6) is 0 Å². The second-order valence-corrected chi connectivity index (χ2v) is 4.52. The van der Waals surface area contributed by atoms with E-state index in [2.05, 4.69) is 36.3 Å². The average molecular weight is 264 g/mol. The van der Waals surface area contributed by atoms with Gasteiger partial charge in [0.15, 0.2) is 5.69 Å². The van der Waals surface area contributed by atoms with Crippen molar-refractivity contribution in [3.8, 4) is 0 Å². The van der Waals surface area contributed by atoms with Crippen molar-refractivity contribution >= 4 is 11.7 Å². The highest BCUT2D eigenvalue weighted by Gasteiger charge is 2.15. The van der Waals surface area contributed by atoms with E-state index in [-0.39, 0.29) is 5.91 Å². The Morgan fingerprint density at radius 3 is 2.26 bits per heavy atom. The van der Waals surface area contributed by atoms with Crippen LogP contribution < -0.4 is 5.32 Å². The molecule has 0 radical (unpaired) electrons. The number of anilines is 1. The Labute approximate surface area is 115 Å². The summed E-state index contributed by atoms with van der Waals surface area (Å²) in [4.78, 5) is 14.1. The van der Waals surface area contributed by atoms with E-state index in [1.807, 2.05) is 11.0 Å². The molecule has 1 rings (SSSR count). The molecule has 1 aromatic heterocycles. The fourth-order valence-electron chi connectivity index (χ4n) is 1.81. The highest BCUT2D eigenvalue weighted by Crippen LogP contribution is 2.06. The van der Waals surface area contributed by atoms with Crippen LogP contribution in [0, 0.1) is 0 Å². The number of rotatable bonds is 8. The molecule has 0 saturated heterocycles. The van der Waals surface area contributed by atoms with Gasteiger partial charge < -0.3 is 10.2 Å². The minimum Gasteiger partial charge on any atom is -0.369 e. The minimum absolute atomic E-state index is 0.0294. The van der Waals surface area contributed by atoms with Crippen molar-refractivity contribution in [3.05, 3.63) is 17.8 Å². The van der Waals surface area contributed by atoms with Gasteiger partial charge in [-0.25, -0.2) is 0 Å². The Balaban J connectivity index is 2.69. The Hall–Kier alpha value is -1.65. The van der Waals surface area contributed by atoms with Gasteiger partial charge in [-0.3, -0.25) is 4.79 Å². The van der Waals surface area contributed by atoms with Crippen LogP contribution in [-0.2, 0) is 0 Å². The molecule has 1 amide bonds. The predicted octanol–water partition coefficient (Wildman–Crippen LogP) is 2.56. The van der Waals surface area contributed by atoms with Gasteiger partial charge in [0.25, 0.3) is 5.91 Å². The summed E-state index contributed by atoms with van der Waals surface area (Å²) >= 11 is 0. The lowest BCUT2D eigenvalue weighted by Gasteiger charge is -2.20. The molecule has 0 spiro atoms. The van der Waals surface area contributed by atoms with Crippen LogP contribution in [0.4, 0.5) is 5.82 Å². The maximum atomic E-state index is 12.3. The van der Waals surface area contributed by atoms with Crippen LogP contribution >= 0.6 is 0 Å². The SMILES string of the molecule is CCCNc1ccc(C(=O)N(CCC)CCC)nn1. The first kappa shape index (κ1) is 15.4. The molecule has 1 aromatic rings. The van der Waals surface area contributed by atoms with Crippen LogP contribution in [0.15, 0.2) is 12.1 Å². The Kier molecular flexibility index (Phi) is 6.85. The number of carbonyl (C=O) groups excluding carboxylic acids is 1. The van der Waals surface area contributed by atoms with Crippen molar-refractivity contribution in [3.63, 3.8) is 0 Å². The van der Waals surface area contributed by atoms with Crippen LogP contribution in [0.3, 0.4) is 0 Å². The van der Waals surface area contributed by atoms with E-state index in [0.717, 1.165) is 44.7 Å². The fourth-order valence-corrected chi connectivity index (χ4v) is 1.81. The molecule has 106 valence electrons. The van der Waals surface area contributed by atoms with Crippen molar-refractivity contribution < 1.29 is 4.79 Å². The molecule has 0 bridgehead atoms. The van der Waals surface area contributed by atoms with E-state index in [0.29, 0.717) is 5.69 Å². The first-order valence-corrected chi connectivity index (χ1v) is 7.09. The number of nitrogens with one attached hydrogen (secondary N) is 1. The van der Waals surface area contributed by atoms with Crippen LogP contribution in [-0.4, -0.2) is 40.6 Å². The monoisotopic (exact) mass is 264 g/mol. The van der Waals surface area contributed by atoms with Gasteiger partial charge in [-0.05, 0) is 31.4 Å². The van der Waals surface area contributed by atoms with Crippen molar-refractivity contribution in [2.24, 2.45) is 0 Å². The van der Waals surface area contributed by atoms with Crippen molar-refractivity contribution in [1.29, 1.82) is 0 Å². The second-order valence-electron chi connectivity index (χ2n) is 4.52. The molecular weight excluding hydrogens is 240 g/mol. The Bertz CT molecular complexity index is 372. The summed E-state index contributed by atoms with van der Waals surface area (Å²) < 4.78 is 0. The average Bonchev–Trinajstić information content (AvgIpc) is 2.44. The number of aromatic nitrogens is 2. The quantitative estimate of drug-likeness (QED) is 0.784. The van der Waals surface area contributed by atoms with E-state index in [1.54, 1.807) is 6.07 Å². The van der Waals surface area contributed by atoms with Crippen LogP contribution in [0.2, 0.25) is 0 Å². The summed E-state index contributed by atoms with van der Waals surface area (Å²) in [5.74, 6) is 0.689. The standard InChI is InChI=1S/C14H24N4O/c1-4-9-15-13-8-7-12(16-17-13)14(19)18(10-5-2)11-6-3/h7-8H,4-6,9-11H2,1-3H3,(H,15,17). The lowest BCUT2D eigenvalue weighted by Crippen LogP contribution is -2.33. The van der Waals surface area contributed by atoms with Crippen molar-refractivity contribution in [2.45, 2.75) is 40.0 Å². The molecule has 0 atom stereocenters. The summed E-state index contributed by atoms with van der Waals surface area (Å²) in [6.07, 6.45) is 2.94. The summed E-state index contributed by atoms with van der Waals surface area (Å²) in [5, 5.41) is 11.2.